The number of carbonyl (C=O) groups is 1. The van der Waals surface area contributed by atoms with Crippen molar-refractivity contribution >= 4 is 17.2 Å². The minimum Gasteiger partial charge on any atom is -0.343 e. The van der Waals surface area contributed by atoms with E-state index in [-0.39, 0.29) is 5.92 Å². The number of nitrogens with zero attached hydrogens (tertiary/aromatic N) is 1. The van der Waals surface area contributed by atoms with Crippen molar-refractivity contribution in [2.45, 2.75) is 26.2 Å². The van der Waals surface area contributed by atoms with Crippen LogP contribution < -0.4 is 0 Å². The minimum atomic E-state index is 0.267. The molecule has 0 N–H and O–H groups in total. The molecule has 1 heterocycles. The van der Waals surface area contributed by atoms with Gasteiger partial charge in [0, 0.05) is 29.8 Å². The largest absolute Gasteiger partial charge is 0.343 e. The molecular formula is C12H17NOS. The summed E-state index contributed by atoms with van der Waals surface area (Å²) >= 11 is 1.77. The maximum absolute atomic E-state index is 12.0. The average molecular weight is 223 g/mol. The standard InChI is InChI=1S/C12H17NOS/c1-3-13(4-2)12(14)10-8-9(10)11-6-5-7-15-11/h5-7,9-10H,3-4,8H2,1-2H3. The van der Waals surface area contributed by atoms with Gasteiger partial charge in [-0.1, -0.05) is 6.07 Å². The first-order chi connectivity index (χ1) is 7.27. The Bertz CT molecular complexity index is 329. The third kappa shape index (κ3) is 2.07. The molecule has 1 saturated carbocycles. The van der Waals surface area contributed by atoms with Gasteiger partial charge in [-0.05, 0) is 31.7 Å². The van der Waals surface area contributed by atoms with Gasteiger partial charge in [0.05, 0.1) is 0 Å². The van der Waals surface area contributed by atoms with Crippen molar-refractivity contribution in [1.29, 1.82) is 0 Å². The van der Waals surface area contributed by atoms with Gasteiger partial charge in [-0.3, -0.25) is 4.79 Å². The maximum Gasteiger partial charge on any atom is 0.226 e. The quantitative estimate of drug-likeness (QED) is 0.768. The lowest BCUT2D eigenvalue weighted by molar-refractivity contribution is -0.132. The minimum absolute atomic E-state index is 0.267. The summed E-state index contributed by atoms with van der Waals surface area (Å²) in [5.41, 5.74) is 0. The van der Waals surface area contributed by atoms with E-state index in [9.17, 15) is 4.79 Å². The smallest absolute Gasteiger partial charge is 0.226 e. The molecule has 2 unspecified atom stereocenters. The fraction of sp³-hybridized carbons (Fsp3) is 0.583. The normalized spacial score (nSPS) is 23.9. The lowest BCUT2D eigenvalue weighted by Crippen LogP contribution is -2.32. The zero-order valence-electron chi connectivity index (χ0n) is 9.27. The van der Waals surface area contributed by atoms with Gasteiger partial charge in [-0.15, -0.1) is 11.3 Å². The van der Waals surface area contributed by atoms with E-state index in [1.165, 1.54) is 4.88 Å². The van der Waals surface area contributed by atoms with Crippen molar-refractivity contribution in [2.24, 2.45) is 5.92 Å². The van der Waals surface area contributed by atoms with Crippen molar-refractivity contribution in [3.8, 4) is 0 Å². The molecule has 1 fully saturated rings. The SMILES string of the molecule is CCN(CC)C(=O)C1CC1c1cccs1. The molecule has 0 bridgehead atoms. The molecule has 0 saturated heterocycles. The summed E-state index contributed by atoms with van der Waals surface area (Å²) in [5.74, 6) is 1.13. The van der Waals surface area contributed by atoms with Crippen molar-refractivity contribution in [3.63, 3.8) is 0 Å². The van der Waals surface area contributed by atoms with Crippen molar-refractivity contribution in [1.82, 2.24) is 4.90 Å². The van der Waals surface area contributed by atoms with Crippen LogP contribution in [0.2, 0.25) is 0 Å². The first-order valence-corrected chi connectivity index (χ1v) is 6.48. The lowest BCUT2D eigenvalue weighted by Gasteiger charge is -2.18. The van der Waals surface area contributed by atoms with Crippen LogP contribution in [0.15, 0.2) is 17.5 Å². The van der Waals surface area contributed by atoms with Gasteiger partial charge in [-0.25, -0.2) is 0 Å². The average Bonchev–Trinajstić information content (AvgIpc) is 2.87. The number of amides is 1. The Labute approximate surface area is 94.9 Å². The first-order valence-electron chi connectivity index (χ1n) is 5.60. The molecular weight excluding hydrogens is 206 g/mol. The Balaban J connectivity index is 1.96. The van der Waals surface area contributed by atoms with Gasteiger partial charge in [0.2, 0.25) is 5.91 Å². The summed E-state index contributed by atoms with van der Waals surface area (Å²) in [5, 5.41) is 2.09. The predicted octanol–water partition coefficient (Wildman–Crippen LogP) is 2.72. The number of carbonyl (C=O) groups excluding carboxylic acids is 1. The highest BCUT2D eigenvalue weighted by atomic mass is 32.1. The summed E-state index contributed by atoms with van der Waals surface area (Å²) < 4.78 is 0. The van der Waals surface area contributed by atoms with Crippen LogP contribution in [0.1, 0.15) is 31.1 Å². The summed E-state index contributed by atoms with van der Waals surface area (Å²) in [7, 11) is 0. The summed E-state index contributed by atoms with van der Waals surface area (Å²) in [6, 6.07) is 4.21. The number of hydrogen-bond acceptors (Lipinski definition) is 2. The molecule has 15 heavy (non-hydrogen) atoms. The van der Waals surface area contributed by atoms with Crippen LogP contribution in [0.5, 0.6) is 0 Å². The van der Waals surface area contributed by atoms with Gasteiger partial charge < -0.3 is 4.90 Å². The van der Waals surface area contributed by atoms with Gasteiger partial charge >= 0.3 is 0 Å². The summed E-state index contributed by atoms with van der Waals surface area (Å²) in [4.78, 5) is 15.3. The van der Waals surface area contributed by atoms with Crippen LogP contribution in [-0.2, 0) is 4.79 Å². The van der Waals surface area contributed by atoms with E-state index >= 15 is 0 Å². The molecule has 0 aromatic carbocycles. The fourth-order valence-corrected chi connectivity index (χ4v) is 2.96. The number of thiophene rings is 1. The predicted molar refractivity (Wildman–Crippen MR) is 63.1 cm³/mol. The van der Waals surface area contributed by atoms with Crippen molar-refractivity contribution in [2.75, 3.05) is 13.1 Å². The molecule has 1 aromatic heterocycles. The second-order valence-corrected chi connectivity index (χ2v) is 4.95. The highest BCUT2D eigenvalue weighted by molar-refractivity contribution is 7.10. The molecule has 0 aliphatic heterocycles. The molecule has 82 valence electrons. The molecule has 1 amide bonds. The van der Waals surface area contributed by atoms with Gasteiger partial charge in [0.1, 0.15) is 0 Å². The highest BCUT2D eigenvalue weighted by Crippen LogP contribution is 2.49. The van der Waals surface area contributed by atoms with Crippen molar-refractivity contribution in [3.05, 3.63) is 22.4 Å². The topological polar surface area (TPSA) is 20.3 Å². The Kier molecular flexibility index (Phi) is 3.10. The Hall–Kier alpha value is -0.830. The van der Waals surface area contributed by atoms with Crippen LogP contribution in [0.4, 0.5) is 0 Å². The monoisotopic (exact) mass is 223 g/mol. The zero-order chi connectivity index (χ0) is 10.8. The third-order valence-corrected chi connectivity index (χ3v) is 4.10. The molecule has 0 radical (unpaired) electrons. The second-order valence-electron chi connectivity index (χ2n) is 3.97. The van der Waals surface area contributed by atoms with E-state index in [0.29, 0.717) is 11.8 Å². The molecule has 2 nitrogen and oxygen atoms in total. The van der Waals surface area contributed by atoms with Gasteiger partial charge in [0.25, 0.3) is 0 Å². The fourth-order valence-electron chi connectivity index (χ4n) is 2.05. The highest BCUT2D eigenvalue weighted by Gasteiger charge is 2.45. The third-order valence-electron chi connectivity index (χ3n) is 3.09. The molecule has 3 heteroatoms. The molecule has 2 rings (SSSR count). The van der Waals surface area contributed by atoms with Crippen LogP contribution >= 0.6 is 11.3 Å². The van der Waals surface area contributed by atoms with E-state index in [1.807, 2.05) is 18.7 Å². The van der Waals surface area contributed by atoms with Crippen LogP contribution in [0.3, 0.4) is 0 Å². The van der Waals surface area contributed by atoms with Gasteiger partial charge in [-0.2, -0.15) is 0 Å². The molecule has 0 spiro atoms. The van der Waals surface area contributed by atoms with E-state index in [4.69, 9.17) is 0 Å². The Morgan fingerprint density at radius 3 is 2.80 bits per heavy atom. The molecule has 1 aliphatic rings. The van der Waals surface area contributed by atoms with E-state index in [2.05, 4.69) is 17.5 Å². The van der Waals surface area contributed by atoms with Crippen molar-refractivity contribution < 1.29 is 4.79 Å². The Morgan fingerprint density at radius 2 is 2.27 bits per heavy atom. The summed E-state index contributed by atoms with van der Waals surface area (Å²) in [6.07, 6.45) is 1.05. The van der Waals surface area contributed by atoms with Gasteiger partial charge in [0.15, 0.2) is 0 Å². The molecule has 1 aromatic rings. The van der Waals surface area contributed by atoms with Crippen LogP contribution in [0, 0.1) is 5.92 Å². The summed E-state index contributed by atoms with van der Waals surface area (Å²) in [6.45, 7) is 5.76. The zero-order valence-corrected chi connectivity index (χ0v) is 10.1. The lowest BCUT2D eigenvalue weighted by atomic mass is 10.2. The maximum atomic E-state index is 12.0. The number of hydrogen-bond donors (Lipinski definition) is 0. The van der Waals surface area contributed by atoms with E-state index in [1.54, 1.807) is 11.3 Å². The van der Waals surface area contributed by atoms with E-state index in [0.717, 1.165) is 19.5 Å². The van der Waals surface area contributed by atoms with Crippen LogP contribution in [-0.4, -0.2) is 23.9 Å². The molecule has 1 aliphatic carbocycles. The number of rotatable bonds is 4. The van der Waals surface area contributed by atoms with E-state index < -0.39 is 0 Å². The first kappa shape index (κ1) is 10.7. The molecule has 2 atom stereocenters. The van der Waals surface area contributed by atoms with Crippen LogP contribution in [0.25, 0.3) is 0 Å². The second kappa shape index (κ2) is 4.35. The Morgan fingerprint density at radius 1 is 1.53 bits per heavy atom.